The van der Waals surface area contributed by atoms with Crippen molar-refractivity contribution < 1.29 is 14.3 Å². The average Bonchev–Trinajstić information content (AvgIpc) is 3.10. The highest BCUT2D eigenvalue weighted by Gasteiger charge is 2.32. The van der Waals surface area contributed by atoms with Crippen LogP contribution in [0.25, 0.3) is 0 Å². The second-order valence-corrected chi connectivity index (χ2v) is 4.03. The molecule has 0 atom stereocenters. The number of carbonyl (C=O) groups is 1. The van der Waals surface area contributed by atoms with E-state index < -0.39 is 0 Å². The number of halogens is 1. The maximum absolute atomic E-state index is 11.9. The summed E-state index contributed by atoms with van der Waals surface area (Å²) in [6, 6.07) is 1.64. The molecule has 0 N–H and O–H groups in total. The molecule has 1 fully saturated rings. The maximum atomic E-state index is 11.9. The van der Waals surface area contributed by atoms with Crippen LogP contribution in [-0.2, 0) is 4.74 Å². The fourth-order valence-electron chi connectivity index (χ4n) is 1.44. The van der Waals surface area contributed by atoms with Gasteiger partial charge in [-0.3, -0.25) is 4.79 Å². The standard InChI is InChI=1S/C11H12ClNO3/c1-15-6-16-10-8(4-5-13-11(10)12)9(14)7-2-3-7/h4-5,7H,2-3,6H2,1H3. The van der Waals surface area contributed by atoms with E-state index in [-0.39, 0.29) is 23.6 Å². The number of ether oxygens (including phenoxy) is 2. The Hall–Kier alpha value is -1.13. The van der Waals surface area contributed by atoms with E-state index in [1.807, 2.05) is 0 Å². The minimum absolute atomic E-state index is 0.0519. The zero-order valence-electron chi connectivity index (χ0n) is 8.90. The summed E-state index contributed by atoms with van der Waals surface area (Å²) in [6.07, 6.45) is 3.41. The number of carbonyl (C=O) groups excluding carboxylic acids is 1. The molecule has 86 valence electrons. The van der Waals surface area contributed by atoms with Gasteiger partial charge in [-0.25, -0.2) is 4.98 Å². The van der Waals surface area contributed by atoms with E-state index in [1.54, 1.807) is 6.07 Å². The molecule has 0 radical (unpaired) electrons. The van der Waals surface area contributed by atoms with Gasteiger partial charge in [0.1, 0.15) is 0 Å². The molecule has 0 saturated heterocycles. The van der Waals surface area contributed by atoms with E-state index in [4.69, 9.17) is 21.1 Å². The first-order chi connectivity index (χ1) is 7.74. The molecule has 1 aliphatic rings. The van der Waals surface area contributed by atoms with Crippen LogP contribution in [0.3, 0.4) is 0 Å². The minimum atomic E-state index is 0.0519. The average molecular weight is 242 g/mol. The van der Waals surface area contributed by atoms with Crippen molar-refractivity contribution in [3.05, 3.63) is 23.0 Å². The van der Waals surface area contributed by atoms with Crippen LogP contribution in [0.15, 0.2) is 12.3 Å². The lowest BCUT2D eigenvalue weighted by Gasteiger charge is -2.10. The molecule has 0 bridgehead atoms. The van der Waals surface area contributed by atoms with Gasteiger partial charge in [0, 0.05) is 19.2 Å². The Morgan fingerprint density at radius 3 is 3.00 bits per heavy atom. The predicted molar refractivity (Wildman–Crippen MR) is 58.8 cm³/mol. The van der Waals surface area contributed by atoms with E-state index >= 15 is 0 Å². The Labute approximate surface area is 98.5 Å². The molecule has 0 aromatic carbocycles. The minimum Gasteiger partial charge on any atom is -0.464 e. The molecule has 4 nitrogen and oxygen atoms in total. The Bertz CT molecular complexity index is 404. The Kier molecular flexibility index (Phi) is 3.41. The lowest BCUT2D eigenvalue weighted by atomic mass is 10.1. The van der Waals surface area contributed by atoms with Crippen LogP contribution in [-0.4, -0.2) is 24.7 Å². The number of methoxy groups -OCH3 is 1. The largest absolute Gasteiger partial charge is 0.464 e. The second kappa shape index (κ2) is 4.80. The first kappa shape index (κ1) is 11.4. The molecule has 1 heterocycles. The zero-order chi connectivity index (χ0) is 11.5. The first-order valence-corrected chi connectivity index (χ1v) is 5.42. The number of nitrogens with zero attached hydrogens (tertiary/aromatic N) is 1. The Morgan fingerprint density at radius 1 is 1.62 bits per heavy atom. The van der Waals surface area contributed by atoms with Crippen molar-refractivity contribution in [3.63, 3.8) is 0 Å². The van der Waals surface area contributed by atoms with Gasteiger partial charge in [0.25, 0.3) is 0 Å². The van der Waals surface area contributed by atoms with Crippen LogP contribution < -0.4 is 4.74 Å². The summed E-state index contributed by atoms with van der Waals surface area (Å²) >= 11 is 5.89. The van der Waals surface area contributed by atoms with Gasteiger partial charge in [-0.15, -0.1) is 0 Å². The van der Waals surface area contributed by atoms with Crippen LogP contribution in [0.4, 0.5) is 0 Å². The maximum Gasteiger partial charge on any atom is 0.188 e. The molecule has 1 aromatic heterocycles. The predicted octanol–water partition coefficient (Wildman–Crippen LogP) is 2.31. The summed E-state index contributed by atoms with van der Waals surface area (Å²) in [5, 5.41) is 0.198. The van der Waals surface area contributed by atoms with Gasteiger partial charge in [-0.2, -0.15) is 0 Å². The van der Waals surface area contributed by atoms with Gasteiger partial charge in [-0.05, 0) is 18.9 Å². The molecule has 2 rings (SSSR count). The number of hydrogen-bond acceptors (Lipinski definition) is 4. The summed E-state index contributed by atoms with van der Waals surface area (Å²) in [5.74, 6) is 0.529. The van der Waals surface area contributed by atoms with E-state index in [2.05, 4.69) is 4.98 Å². The molecule has 1 saturated carbocycles. The number of pyridine rings is 1. The molecule has 0 amide bonds. The van der Waals surface area contributed by atoms with E-state index in [1.165, 1.54) is 13.3 Å². The highest BCUT2D eigenvalue weighted by atomic mass is 35.5. The summed E-state index contributed by atoms with van der Waals surface area (Å²) in [6.45, 7) is 0.0519. The zero-order valence-corrected chi connectivity index (χ0v) is 9.66. The number of ketones is 1. The van der Waals surface area contributed by atoms with Crippen molar-refractivity contribution in [3.8, 4) is 5.75 Å². The van der Waals surface area contributed by atoms with Crippen molar-refractivity contribution >= 4 is 17.4 Å². The number of aromatic nitrogens is 1. The SMILES string of the molecule is COCOc1c(C(=O)C2CC2)ccnc1Cl. The summed E-state index contributed by atoms with van der Waals surface area (Å²) < 4.78 is 10.1. The molecule has 5 heteroatoms. The number of hydrogen-bond donors (Lipinski definition) is 0. The molecular weight excluding hydrogens is 230 g/mol. The fraction of sp³-hybridized carbons (Fsp3) is 0.455. The van der Waals surface area contributed by atoms with Gasteiger partial charge in [0.2, 0.25) is 0 Å². The monoisotopic (exact) mass is 241 g/mol. The van der Waals surface area contributed by atoms with Gasteiger partial charge < -0.3 is 9.47 Å². The molecule has 1 aliphatic carbocycles. The third-order valence-electron chi connectivity index (χ3n) is 2.40. The molecule has 16 heavy (non-hydrogen) atoms. The third-order valence-corrected chi connectivity index (χ3v) is 2.67. The quantitative estimate of drug-likeness (QED) is 0.451. The first-order valence-electron chi connectivity index (χ1n) is 5.04. The smallest absolute Gasteiger partial charge is 0.188 e. The number of Topliss-reactive ketones (excluding diaryl/α,β-unsaturated/α-hetero) is 1. The van der Waals surface area contributed by atoms with E-state index in [0.717, 1.165) is 12.8 Å². The van der Waals surface area contributed by atoms with Crippen LogP contribution in [0.5, 0.6) is 5.75 Å². The normalized spacial score (nSPS) is 14.9. The Balaban J connectivity index is 2.27. The van der Waals surface area contributed by atoms with Gasteiger partial charge in [-0.1, -0.05) is 11.6 Å². The van der Waals surface area contributed by atoms with Gasteiger partial charge in [0.05, 0.1) is 5.56 Å². The second-order valence-electron chi connectivity index (χ2n) is 3.67. The van der Waals surface area contributed by atoms with Gasteiger partial charge in [0.15, 0.2) is 23.5 Å². The Morgan fingerprint density at radius 2 is 2.38 bits per heavy atom. The van der Waals surface area contributed by atoms with Crippen molar-refractivity contribution in [1.82, 2.24) is 4.98 Å². The highest BCUT2D eigenvalue weighted by Crippen LogP contribution is 2.36. The highest BCUT2D eigenvalue weighted by molar-refractivity contribution is 6.31. The molecule has 0 aliphatic heterocycles. The summed E-state index contributed by atoms with van der Waals surface area (Å²) in [5.41, 5.74) is 0.500. The van der Waals surface area contributed by atoms with Crippen LogP contribution in [0.2, 0.25) is 5.15 Å². The lowest BCUT2D eigenvalue weighted by molar-refractivity contribution is 0.0499. The lowest BCUT2D eigenvalue weighted by Crippen LogP contribution is -2.08. The van der Waals surface area contributed by atoms with E-state index in [9.17, 15) is 4.79 Å². The van der Waals surface area contributed by atoms with Crippen LogP contribution in [0, 0.1) is 5.92 Å². The van der Waals surface area contributed by atoms with Crippen LogP contribution >= 0.6 is 11.6 Å². The molecular formula is C11H12ClNO3. The summed E-state index contributed by atoms with van der Waals surface area (Å²) in [7, 11) is 1.51. The van der Waals surface area contributed by atoms with Crippen molar-refractivity contribution in [2.24, 2.45) is 5.92 Å². The molecule has 0 unspecified atom stereocenters. The van der Waals surface area contributed by atoms with Gasteiger partial charge >= 0.3 is 0 Å². The van der Waals surface area contributed by atoms with Crippen molar-refractivity contribution in [2.75, 3.05) is 13.9 Å². The van der Waals surface area contributed by atoms with Crippen LogP contribution in [0.1, 0.15) is 23.2 Å². The van der Waals surface area contributed by atoms with Crippen molar-refractivity contribution in [2.45, 2.75) is 12.8 Å². The third kappa shape index (κ3) is 2.33. The van der Waals surface area contributed by atoms with E-state index in [0.29, 0.717) is 11.3 Å². The topological polar surface area (TPSA) is 48.4 Å². The fourth-order valence-corrected chi connectivity index (χ4v) is 1.65. The number of rotatable bonds is 5. The van der Waals surface area contributed by atoms with Crippen molar-refractivity contribution in [1.29, 1.82) is 0 Å². The summed E-state index contributed by atoms with van der Waals surface area (Å²) in [4.78, 5) is 15.8. The molecule has 0 spiro atoms. The molecule has 1 aromatic rings.